The summed E-state index contributed by atoms with van der Waals surface area (Å²) >= 11 is 0. The minimum absolute atomic E-state index is 0.249. The number of piperazine rings is 1. The predicted octanol–water partition coefficient (Wildman–Crippen LogP) is 3.94. The minimum atomic E-state index is -0.480. The molecule has 0 atom stereocenters. The molecule has 6 heteroatoms. The number of amides is 1. The third kappa shape index (κ3) is 4.50. The van der Waals surface area contributed by atoms with Gasteiger partial charge in [0.05, 0.1) is 0 Å². The third-order valence-electron chi connectivity index (χ3n) is 4.18. The molecule has 0 spiro atoms. The molecule has 5 nitrogen and oxygen atoms in total. The van der Waals surface area contributed by atoms with E-state index in [0.717, 1.165) is 16.9 Å². The molecule has 1 aromatic carbocycles. The average Bonchev–Trinajstić information content (AvgIpc) is 2.61. The predicted molar refractivity (Wildman–Crippen MR) is 99.7 cm³/mol. The van der Waals surface area contributed by atoms with Gasteiger partial charge in [-0.15, -0.1) is 0 Å². The van der Waals surface area contributed by atoms with Crippen LogP contribution in [0.2, 0.25) is 0 Å². The summed E-state index contributed by atoms with van der Waals surface area (Å²) in [5.41, 5.74) is 1.40. The lowest BCUT2D eigenvalue weighted by atomic mass is 10.1. The summed E-state index contributed by atoms with van der Waals surface area (Å²) in [7, 11) is 0. The lowest BCUT2D eigenvalue weighted by Crippen LogP contribution is -2.50. The number of nitrogens with zero attached hydrogens (tertiary/aromatic N) is 3. The fraction of sp³-hybridized carbons (Fsp3) is 0.400. The second-order valence-electron chi connectivity index (χ2n) is 7.37. The van der Waals surface area contributed by atoms with Crippen molar-refractivity contribution < 1.29 is 13.9 Å². The van der Waals surface area contributed by atoms with Crippen LogP contribution in [0.15, 0.2) is 42.6 Å². The Balaban J connectivity index is 1.59. The molecular formula is C20H24FN3O2. The Labute approximate surface area is 153 Å². The van der Waals surface area contributed by atoms with E-state index in [0.29, 0.717) is 26.2 Å². The van der Waals surface area contributed by atoms with E-state index < -0.39 is 5.60 Å². The number of aromatic nitrogens is 1. The van der Waals surface area contributed by atoms with E-state index in [-0.39, 0.29) is 11.9 Å². The van der Waals surface area contributed by atoms with Gasteiger partial charge in [-0.3, -0.25) is 0 Å². The Kier molecular flexibility index (Phi) is 5.11. The van der Waals surface area contributed by atoms with Gasteiger partial charge in [0.15, 0.2) is 0 Å². The highest BCUT2D eigenvalue weighted by Crippen LogP contribution is 2.22. The highest BCUT2D eigenvalue weighted by atomic mass is 19.1. The first-order valence-electron chi connectivity index (χ1n) is 8.77. The number of hydrogen-bond acceptors (Lipinski definition) is 4. The monoisotopic (exact) mass is 357 g/mol. The van der Waals surface area contributed by atoms with Crippen molar-refractivity contribution >= 4 is 11.9 Å². The van der Waals surface area contributed by atoms with Crippen LogP contribution in [0, 0.1) is 5.82 Å². The molecule has 138 valence electrons. The number of carbonyl (C=O) groups is 1. The Morgan fingerprint density at radius 1 is 1.00 bits per heavy atom. The molecule has 1 fully saturated rings. The number of hydrogen-bond donors (Lipinski definition) is 0. The normalized spacial score (nSPS) is 15.1. The molecule has 1 aromatic heterocycles. The standard InChI is InChI=1S/C20H24FN3O2/c1-20(2,3)26-19(25)24-12-10-23(11-13-24)18-9-6-16(14-22-18)15-4-7-17(21)8-5-15/h4-9,14H,10-13H2,1-3H3. The summed E-state index contributed by atoms with van der Waals surface area (Å²) in [6, 6.07) is 10.3. The zero-order valence-electron chi connectivity index (χ0n) is 15.4. The van der Waals surface area contributed by atoms with Gasteiger partial charge in [-0.1, -0.05) is 12.1 Å². The maximum absolute atomic E-state index is 13.0. The topological polar surface area (TPSA) is 45.7 Å². The summed E-state index contributed by atoms with van der Waals surface area (Å²) in [4.78, 5) is 20.5. The van der Waals surface area contributed by atoms with Crippen LogP contribution in [0.5, 0.6) is 0 Å². The van der Waals surface area contributed by atoms with Crippen LogP contribution >= 0.6 is 0 Å². The van der Waals surface area contributed by atoms with Crippen molar-refractivity contribution in [3.8, 4) is 11.1 Å². The number of anilines is 1. The van der Waals surface area contributed by atoms with E-state index in [1.807, 2.05) is 32.9 Å². The van der Waals surface area contributed by atoms with Gasteiger partial charge in [0.1, 0.15) is 17.2 Å². The van der Waals surface area contributed by atoms with E-state index in [4.69, 9.17) is 4.74 Å². The Bertz CT molecular complexity index is 746. The van der Waals surface area contributed by atoms with Crippen LogP contribution in [-0.2, 0) is 4.74 Å². The average molecular weight is 357 g/mol. The van der Waals surface area contributed by atoms with Gasteiger partial charge in [-0.2, -0.15) is 0 Å². The SMILES string of the molecule is CC(C)(C)OC(=O)N1CCN(c2ccc(-c3ccc(F)cc3)cn2)CC1. The van der Waals surface area contributed by atoms with Crippen molar-refractivity contribution in [1.82, 2.24) is 9.88 Å². The first-order chi connectivity index (χ1) is 12.3. The zero-order valence-corrected chi connectivity index (χ0v) is 15.4. The highest BCUT2D eigenvalue weighted by molar-refractivity contribution is 5.68. The lowest BCUT2D eigenvalue weighted by molar-refractivity contribution is 0.0240. The van der Waals surface area contributed by atoms with E-state index in [1.165, 1.54) is 12.1 Å². The van der Waals surface area contributed by atoms with Crippen LogP contribution in [0.1, 0.15) is 20.8 Å². The first-order valence-corrected chi connectivity index (χ1v) is 8.77. The quantitative estimate of drug-likeness (QED) is 0.817. The van der Waals surface area contributed by atoms with E-state index in [1.54, 1.807) is 23.2 Å². The molecule has 0 saturated carbocycles. The lowest BCUT2D eigenvalue weighted by Gasteiger charge is -2.36. The molecule has 1 amide bonds. The van der Waals surface area contributed by atoms with Crippen molar-refractivity contribution in [2.45, 2.75) is 26.4 Å². The molecule has 1 aliphatic heterocycles. The van der Waals surface area contributed by atoms with Crippen molar-refractivity contribution in [3.05, 3.63) is 48.4 Å². The summed E-state index contributed by atoms with van der Waals surface area (Å²) in [6.07, 6.45) is 1.53. The minimum Gasteiger partial charge on any atom is -0.444 e. The van der Waals surface area contributed by atoms with Crippen LogP contribution in [-0.4, -0.2) is 47.8 Å². The summed E-state index contributed by atoms with van der Waals surface area (Å²) in [5, 5.41) is 0. The number of benzene rings is 1. The zero-order chi connectivity index (χ0) is 18.7. The number of pyridine rings is 1. The Morgan fingerprint density at radius 2 is 1.62 bits per heavy atom. The van der Waals surface area contributed by atoms with Crippen molar-refractivity contribution in [1.29, 1.82) is 0 Å². The third-order valence-corrected chi connectivity index (χ3v) is 4.18. The maximum atomic E-state index is 13.0. The summed E-state index contributed by atoms with van der Waals surface area (Å²) in [6.45, 7) is 8.24. The van der Waals surface area contributed by atoms with E-state index >= 15 is 0 Å². The van der Waals surface area contributed by atoms with Crippen molar-refractivity contribution in [2.75, 3.05) is 31.1 Å². The second kappa shape index (κ2) is 7.32. The van der Waals surface area contributed by atoms with Crippen LogP contribution < -0.4 is 4.90 Å². The van der Waals surface area contributed by atoms with Gasteiger partial charge >= 0.3 is 6.09 Å². The van der Waals surface area contributed by atoms with Gasteiger partial charge in [-0.05, 0) is 50.6 Å². The van der Waals surface area contributed by atoms with Gasteiger partial charge in [0.25, 0.3) is 0 Å². The molecule has 0 aliphatic carbocycles. The summed E-state index contributed by atoms with van der Waals surface area (Å²) in [5.74, 6) is 0.626. The number of rotatable bonds is 2. The van der Waals surface area contributed by atoms with Crippen LogP contribution in [0.4, 0.5) is 15.0 Å². The van der Waals surface area contributed by atoms with Gasteiger partial charge in [0, 0.05) is 37.9 Å². The Hall–Kier alpha value is -2.63. The fourth-order valence-electron chi connectivity index (χ4n) is 2.83. The number of carbonyl (C=O) groups excluding carboxylic acids is 1. The second-order valence-corrected chi connectivity index (χ2v) is 7.37. The smallest absolute Gasteiger partial charge is 0.410 e. The molecule has 0 bridgehead atoms. The number of halogens is 1. The summed E-state index contributed by atoms with van der Waals surface area (Å²) < 4.78 is 18.4. The molecule has 2 aromatic rings. The molecule has 1 saturated heterocycles. The molecule has 3 rings (SSSR count). The molecule has 2 heterocycles. The van der Waals surface area contributed by atoms with E-state index in [9.17, 15) is 9.18 Å². The Morgan fingerprint density at radius 3 is 2.15 bits per heavy atom. The largest absolute Gasteiger partial charge is 0.444 e. The van der Waals surface area contributed by atoms with Gasteiger partial charge in [0.2, 0.25) is 0 Å². The molecule has 0 radical (unpaired) electrons. The fourth-order valence-corrected chi connectivity index (χ4v) is 2.83. The molecule has 1 aliphatic rings. The van der Waals surface area contributed by atoms with E-state index in [2.05, 4.69) is 9.88 Å². The molecule has 0 unspecified atom stereocenters. The van der Waals surface area contributed by atoms with Crippen LogP contribution in [0.25, 0.3) is 11.1 Å². The van der Waals surface area contributed by atoms with Crippen molar-refractivity contribution in [3.63, 3.8) is 0 Å². The highest BCUT2D eigenvalue weighted by Gasteiger charge is 2.26. The number of ether oxygens (including phenoxy) is 1. The molecule has 0 N–H and O–H groups in total. The van der Waals surface area contributed by atoms with Crippen molar-refractivity contribution in [2.24, 2.45) is 0 Å². The molecule has 26 heavy (non-hydrogen) atoms. The molecular weight excluding hydrogens is 333 g/mol. The van der Waals surface area contributed by atoms with Crippen LogP contribution in [0.3, 0.4) is 0 Å². The van der Waals surface area contributed by atoms with Gasteiger partial charge in [-0.25, -0.2) is 14.2 Å². The first kappa shape index (κ1) is 18.2. The maximum Gasteiger partial charge on any atom is 0.410 e. The van der Waals surface area contributed by atoms with Gasteiger partial charge < -0.3 is 14.5 Å².